The number of hydrogen-bond acceptors (Lipinski definition) is 4. The van der Waals surface area contributed by atoms with Crippen LogP contribution in [-0.2, 0) is 6.54 Å². The van der Waals surface area contributed by atoms with E-state index < -0.39 is 48.7 Å². The van der Waals surface area contributed by atoms with E-state index in [9.17, 15) is 45.0 Å². The van der Waals surface area contributed by atoms with Crippen molar-refractivity contribution in [3.8, 4) is 5.75 Å². The summed E-state index contributed by atoms with van der Waals surface area (Å²) in [6.45, 7) is 0.234. The maximum Gasteiger partial charge on any atom is 0.461 e. The van der Waals surface area contributed by atoms with Gasteiger partial charge in [0, 0.05) is 23.4 Å². The molecule has 0 spiro atoms. The van der Waals surface area contributed by atoms with Crippen LogP contribution < -0.4 is 9.64 Å². The monoisotopic (exact) mass is 547 g/mol. The number of anilines is 1. The Morgan fingerprint density at radius 2 is 1.58 bits per heavy atom. The van der Waals surface area contributed by atoms with Crippen LogP contribution >= 0.6 is 0 Å². The molecule has 0 saturated heterocycles. The predicted octanol–water partition coefficient (Wildman–Crippen LogP) is 6.53. The summed E-state index contributed by atoms with van der Waals surface area (Å²) in [5.41, 5.74) is 0.832. The van der Waals surface area contributed by atoms with Crippen molar-refractivity contribution in [2.45, 2.75) is 38.3 Å². The van der Waals surface area contributed by atoms with Gasteiger partial charge in [-0.3, -0.25) is 4.79 Å². The first-order chi connectivity index (χ1) is 17.7. The molecule has 0 bridgehead atoms. The highest BCUT2D eigenvalue weighted by atomic mass is 19.4. The fourth-order valence-electron chi connectivity index (χ4n) is 3.45. The zero-order valence-corrected chi connectivity index (χ0v) is 19.7. The zero-order chi connectivity index (χ0) is 28.3. The molecule has 3 aromatic rings. The lowest BCUT2D eigenvalue weighted by atomic mass is 10.0. The lowest BCUT2D eigenvalue weighted by Crippen LogP contribution is -2.41. The smallest absolute Gasteiger partial charge is 0.428 e. The maximum atomic E-state index is 13.6. The van der Waals surface area contributed by atoms with Crippen LogP contribution in [0.15, 0.2) is 66.7 Å². The quantitative estimate of drug-likeness (QED) is 0.232. The summed E-state index contributed by atoms with van der Waals surface area (Å²) < 4.78 is 108. The lowest BCUT2D eigenvalue weighted by Gasteiger charge is -2.29. The third-order valence-electron chi connectivity index (χ3n) is 5.47. The number of aliphatic hydroxyl groups excluding tert-OH is 1. The molecule has 0 saturated carbocycles. The second kappa shape index (κ2) is 11.4. The van der Waals surface area contributed by atoms with Crippen LogP contribution in [0, 0.1) is 12.7 Å². The lowest BCUT2D eigenvalue weighted by molar-refractivity contribution is -0.253. The first-order valence-electron chi connectivity index (χ1n) is 11.0. The number of alkyl halides is 7. The third-order valence-corrected chi connectivity index (χ3v) is 5.47. The van der Waals surface area contributed by atoms with E-state index in [4.69, 9.17) is 0 Å². The van der Waals surface area contributed by atoms with Crippen molar-refractivity contribution < 1.29 is 49.8 Å². The molecule has 0 fully saturated rings. The summed E-state index contributed by atoms with van der Waals surface area (Å²) in [5.74, 6) is -1.63. The van der Waals surface area contributed by atoms with Gasteiger partial charge in [0.2, 0.25) is 0 Å². The molecule has 1 N–H and O–H groups in total. The van der Waals surface area contributed by atoms with E-state index in [1.54, 1.807) is 0 Å². The van der Waals surface area contributed by atoms with Crippen molar-refractivity contribution in [3.63, 3.8) is 0 Å². The number of halogens is 8. The van der Waals surface area contributed by atoms with Gasteiger partial charge in [-0.15, -0.1) is 0 Å². The molecule has 0 radical (unpaired) electrons. The van der Waals surface area contributed by atoms with E-state index in [2.05, 4.69) is 4.74 Å². The van der Waals surface area contributed by atoms with Gasteiger partial charge in [0.15, 0.2) is 11.9 Å². The summed E-state index contributed by atoms with van der Waals surface area (Å²) in [6, 6.07) is 13.5. The fraction of sp³-hybridized carbons (Fsp3) is 0.269. The van der Waals surface area contributed by atoms with Crippen molar-refractivity contribution in [1.82, 2.24) is 0 Å². The average molecular weight is 547 g/mol. The van der Waals surface area contributed by atoms with Crippen molar-refractivity contribution in [3.05, 3.63) is 94.8 Å². The number of hydrogen-bond donors (Lipinski definition) is 1. The molecule has 0 aliphatic carbocycles. The number of nitrogens with zero attached hydrogens (tertiary/aromatic N) is 1. The molecule has 1 unspecified atom stereocenters. The molecule has 0 amide bonds. The molecular formula is C26H21F8NO3. The predicted molar refractivity (Wildman–Crippen MR) is 122 cm³/mol. The van der Waals surface area contributed by atoms with Crippen molar-refractivity contribution in [2.75, 3.05) is 11.4 Å². The summed E-state index contributed by atoms with van der Waals surface area (Å²) >= 11 is 0. The molecule has 12 heteroatoms. The van der Waals surface area contributed by atoms with Gasteiger partial charge in [0.1, 0.15) is 11.6 Å². The van der Waals surface area contributed by atoms with Gasteiger partial charge >= 0.3 is 18.7 Å². The second-order valence-electron chi connectivity index (χ2n) is 8.39. The molecule has 1 atom stereocenters. The molecule has 0 heterocycles. The number of aliphatic hydroxyl groups is 1. The van der Waals surface area contributed by atoms with Crippen LogP contribution in [0.3, 0.4) is 0 Å². The Bertz CT molecular complexity index is 1260. The summed E-state index contributed by atoms with van der Waals surface area (Å²) in [6.07, 6.45) is -16.5. The van der Waals surface area contributed by atoms with Crippen molar-refractivity contribution >= 4 is 11.5 Å². The molecule has 38 heavy (non-hydrogen) atoms. The number of ether oxygens (including phenoxy) is 1. The van der Waals surface area contributed by atoms with Gasteiger partial charge in [-0.25, -0.2) is 4.39 Å². The summed E-state index contributed by atoms with van der Waals surface area (Å²) in [5, 5.41) is 9.69. The first kappa shape index (κ1) is 28.9. The van der Waals surface area contributed by atoms with Gasteiger partial charge in [0.25, 0.3) is 0 Å². The minimum atomic E-state index is -4.96. The van der Waals surface area contributed by atoms with Crippen LogP contribution in [-0.4, -0.2) is 42.2 Å². The Hall–Kier alpha value is -3.67. The Kier molecular flexibility index (Phi) is 8.65. The number of rotatable bonds is 10. The summed E-state index contributed by atoms with van der Waals surface area (Å²) in [4.78, 5) is 14.0. The average Bonchev–Trinajstić information content (AvgIpc) is 2.85. The fourth-order valence-corrected chi connectivity index (χ4v) is 3.45. The van der Waals surface area contributed by atoms with E-state index in [-0.39, 0.29) is 34.5 Å². The number of aryl methyl sites for hydroxylation is 1. The Balaban J connectivity index is 1.89. The highest BCUT2D eigenvalue weighted by Gasteiger charge is 2.44. The van der Waals surface area contributed by atoms with E-state index >= 15 is 0 Å². The van der Waals surface area contributed by atoms with Crippen LogP contribution in [0.25, 0.3) is 0 Å². The van der Waals surface area contributed by atoms with Gasteiger partial charge in [-0.2, -0.15) is 30.7 Å². The molecular weight excluding hydrogens is 526 g/mol. The van der Waals surface area contributed by atoms with Crippen LogP contribution in [0.2, 0.25) is 0 Å². The topological polar surface area (TPSA) is 49.8 Å². The second-order valence-corrected chi connectivity index (χ2v) is 8.39. The summed E-state index contributed by atoms with van der Waals surface area (Å²) in [7, 11) is 0. The third kappa shape index (κ3) is 7.21. The Morgan fingerprint density at radius 3 is 2.16 bits per heavy atom. The van der Waals surface area contributed by atoms with Crippen molar-refractivity contribution in [2.24, 2.45) is 0 Å². The molecule has 3 aromatic carbocycles. The highest BCUT2D eigenvalue weighted by molar-refractivity contribution is 6.09. The molecule has 0 aliphatic rings. The van der Waals surface area contributed by atoms with Gasteiger partial charge in [0.05, 0.1) is 6.54 Å². The normalized spacial score (nSPS) is 12.9. The number of benzene rings is 3. The molecule has 0 aromatic heterocycles. The minimum Gasteiger partial charge on any atom is -0.428 e. The van der Waals surface area contributed by atoms with Gasteiger partial charge < -0.3 is 14.7 Å². The van der Waals surface area contributed by atoms with E-state index in [0.29, 0.717) is 0 Å². The number of carbonyl (C=O) groups is 1. The molecule has 3 rings (SSSR count). The van der Waals surface area contributed by atoms with Gasteiger partial charge in [-0.1, -0.05) is 24.3 Å². The number of carbonyl (C=O) groups excluding carboxylic acids is 1. The molecule has 204 valence electrons. The van der Waals surface area contributed by atoms with Crippen molar-refractivity contribution in [1.29, 1.82) is 0 Å². The first-order valence-corrected chi connectivity index (χ1v) is 11.0. The maximum absolute atomic E-state index is 13.6. The van der Waals surface area contributed by atoms with E-state index in [0.717, 1.165) is 23.1 Å². The van der Waals surface area contributed by atoms with Crippen LogP contribution in [0.1, 0.15) is 27.0 Å². The highest BCUT2D eigenvalue weighted by Crippen LogP contribution is 2.29. The molecule has 4 nitrogen and oxygen atoms in total. The number of ketones is 1. The van der Waals surface area contributed by atoms with Gasteiger partial charge in [-0.05, 0) is 60.5 Å². The Labute approximate surface area is 212 Å². The minimum absolute atomic E-state index is 0.0815. The SMILES string of the molecule is Cc1cc(C(=O)c2cccc(N(Cc3ccc(OC(F)(F)C(F)F)cc3)CC(O)C(F)(F)F)c2)ccc1F. The van der Waals surface area contributed by atoms with E-state index in [1.165, 1.54) is 55.5 Å². The largest absolute Gasteiger partial charge is 0.461 e. The Morgan fingerprint density at radius 1 is 0.947 bits per heavy atom. The molecule has 0 aliphatic heterocycles. The van der Waals surface area contributed by atoms with Crippen LogP contribution in [0.5, 0.6) is 5.75 Å². The van der Waals surface area contributed by atoms with Crippen LogP contribution in [0.4, 0.5) is 40.8 Å². The zero-order valence-electron chi connectivity index (χ0n) is 19.7. The van der Waals surface area contributed by atoms with E-state index in [1.807, 2.05) is 0 Å². The standard InChI is InChI=1S/C26H21F8NO3/c1-15-11-18(7-10-21(15)27)23(37)17-3-2-4-19(12-17)35(14-22(36)25(30,31)32)13-16-5-8-20(9-6-16)38-26(33,34)24(28)29/h2-12,22,24,36H,13-14H2,1H3.